The van der Waals surface area contributed by atoms with E-state index in [9.17, 15) is 0 Å². The fourth-order valence-corrected chi connectivity index (χ4v) is 0. The summed E-state index contributed by atoms with van der Waals surface area (Å²) < 4.78 is 0. The molecule has 0 aromatic heterocycles. The first kappa shape index (κ1) is 17.0. The molecule has 5 heavy (non-hydrogen) atoms. The Hall–Kier alpha value is 0.844. The van der Waals surface area contributed by atoms with Crippen molar-refractivity contribution in [2.75, 3.05) is 0 Å². The first-order valence-corrected chi connectivity index (χ1v) is 1.12. The Morgan fingerprint density at radius 2 is 1.40 bits per heavy atom. The summed E-state index contributed by atoms with van der Waals surface area (Å²) in [6.45, 7) is 12.0. The molecule has 0 saturated carbocycles. The third kappa shape index (κ3) is 55.0. The topological polar surface area (TPSA) is 0 Å². The van der Waals surface area contributed by atoms with Gasteiger partial charge in [0.15, 0.2) is 0 Å². The van der Waals surface area contributed by atoms with E-state index in [1.54, 1.807) is 6.92 Å². The van der Waals surface area contributed by atoms with Gasteiger partial charge < -0.3 is 13.5 Å². The van der Waals surface area contributed by atoms with Crippen LogP contribution in [-0.4, -0.2) is 0 Å². The smallest absolute Gasteiger partial charge is 0 e. The van der Waals surface area contributed by atoms with Gasteiger partial charge >= 0.3 is 0 Å². The van der Waals surface area contributed by atoms with Gasteiger partial charge in [-0.05, 0) is 0 Å². The van der Waals surface area contributed by atoms with Gasteiger partial charge in [0.25, 0.3) is 0 Å². The van der Waals surface area contributed by atoms with Crippen molar-refractivity contribution in [2.45, 2.75) is 6.92 Å². The Balaban J connectivity index is -0.0000000133. The third-order valence-electron chi connectivity index (χ3n) is 0. The second-order valence-electron chi connectivity index (χ2n) is 0. The third-order valence-corrected chi connectivity index (χ3v) is 0. The van der Waals surface area contributed by atoms with Crippen LogP contribution in [0.4, 0.5) is 0 Å². The Bertz CT molecular complexity index is 3.61. The van der Waals surface area contributed by atoms with E-state index in [1.807, 2.05) is 0 Å². The molecular formula is C4H8Y-2. The first-order chi connectivity index (χ1) is 2.00. The van der Waals surface area contributed by atoms with Crippen molar-refractivity contribution in [1.82, 2.24) is 0 Å². The molecule has 0 spiro atoms. The molecule has 0 N–H and O–H groups in total. The van der Waals surface area contributed by atoms with Crippen LogP contribution in [0.1, 0.15) is 6.92 Å². The molecule has 0 unspecified atom stereocenters. The molecular weight excluding hydrogens is 137 g/mol. The van der Waals surface area contributed by atoms with Gasteiger partial charge in [0.05, 0.1) is 0 Å². The minimum Gasteiger partial charge on any atom is -0.521 e. The molecule has 0 amide bonds. The average molecular weight is 145 g/mol. The zero-order chi connectivity index (χ0) is 4.00. The van der Waals surface area contributed by atoms with Gasteiger partial charge in [-0.25, -0.2) is 0 Å². The Kier molecular flexibility index (Phi) is 341. The van der Waals surface area contributed by atoms with Crippen LogP contribution in [-0.2, 0) is 32.7 Å². The quantitative estimate of drug-likeness (QED) is 0.452. The summed E-state index contributed by atoms with van der Waals surface area (Å²) in [6.07, 6.45) is 0. The normalized spacial score (nSPS) is 2.00. The van der Waals surface area contributed by atoms with E-state index in [0.717, 1.165) is 0 Å². The van der Waals surface area contributed by atoms with Crippen molar-refractivity contribution >= 4 is 0 Å². The maximum Gasteiger partial charge on any atom is 0 e. The summed E-state index contributed by atoms with van der Waals surface area (Å²) in [5.41, 5.74) is 0. The first-order valence-electron chi connectivity index (χ1n) is 1.12. The molecule has 1 radical (unpaired) electrons. The van der Waals surface area contributed by atoms with Crippen LogP contribution in [0.5, 0.6) is 0 Å². The van der Waals surface area contributed by atoms with Crippen LogP contribution in [0.2, 0.25) is 0 Å². The van der Waals surface area contributed by atoms with E-state index in [2.05, 4.69) is 20.1 Å². The summed E-state index contributed by atoms with van der Waals surface area (Å²) in [7, 11) is 0. The number of hydrogen-bond acceptors (Lipinski definition) is 0. The largest absolute Gasteiger partial charge is 0.521 e. The maximum absolute atomic E-state index is 4.25. The van der Waals surface area contributed by atoms with Gasteiger partial charge in [0.1, 0.15) is 0 Å². The summed E-state index contributed by atoms with van der Waals surface area (Å²) >= 11 is 0. The number of rotatable bonds is 0. The summed E-state index contributed by atoms with van der Waals surface area (Å²) in [5, 5.41) is 0. The average Bonchev–Trinajstić information content (AvgIpc) is 1.50. The van der Waals surface area contributed by atoms with Crippen LogP contribution in [0, 0.1) is 13.5 Å². The molecule has 0 rings (SSSR count). The predicted molar refractivity (Wildman–Crippen MR) is 21.0 cm³/mol. The van der Waals surface area contributed by atoms with Crippen LogP contribution in [0.25, 0.3) is 0 Å². The number of hydrogen-bond donors (Lipinski definition) is 0. The Labute approximate surface area is 59.5 Å². The Morgan fingerprint density at radius 1 is 1.40 bits per heavy atom. The molecule has 0 aliphatic heterocycles. The van der Waals surface area contributed by atoms with Crippen molar-refractivity contribution in [3.63, 3.8) is 0 Å². The van der Waals surface area contributed by atoms with Gasteiger partial charge in [0, 0.05) is 32.7 Å². The summed E-state index contributed by atoms with van der Waals surface area (Å²) in [6, 6.07) is 0. The summed E-state index contributed by atoms with van der Waals surface area (Å²) in [4.78, 5) is 0. The molecule has 0 aliphatic carbocycles. The van der Waals surface area contributed by atoms with E-state index in [0.29, 0.717) is 0 Å². The molecule has 0 saturated heterocycles. The molecule has 0 heterocycles. The zero-order valence-corrected chi connectivity index (χ0v) is 6.41. The van der Waals surface area contributed by atoms with E-state index < -0.39 is 0 Å². The molecule has 0 aromatic rings. The summed E-state index contributed by atoms with van der Waals surface area (Å²) in [5.74, 6) is 0. The molecule has 29 valence electrons. The minimum atomic E-state index is 0. The van der Waals surface area contributed by atoms with Gasteiger partial charge in [0.2, 0.25) is 0 Å². The van der Waals surface area contributed by atoms with Gasteiger partial charge in [-0.3, -0.25) is 6.58 Å². The van der Waals surface area contributed by atoms with Crippen LogP contribution in [0.15, 0.2) is 6.58 Å². The van der Waals surface area contributed by atoms with E-state index >= 15 is 0 Å². The second kappa shape index (κ2) is 100. The SMILES string of the molecule is [CH-]=C.[CH2-]C.[Y]. The monoisotopic (exact) mass is 145 g/mol. The molecule has 0 aliphatic rings. The maximum atomic E-state index is 4.25. The van der Waals surface area contributed by atoms with Crippen LogP contribution < -0.4 is 0 Å². The zero-order valence-electron chi connectivity index (χ0n) is 3.57. The van der Waals surface area contributed by atoms with Gasteiger partial charge in [-0.1, -0.05) is 0 Å². The van der Waals surface area contributed by atoms with Crippen molar-refractivity contribution in [3.8, 4) is 0 Å². The second-order valence-corrected chi connectivity index (χ2v) is 0. The van der Waals surface area contributed by atoms with E-state index in [1.165, 1.54) is 0 Å². The predicted octanol–water partition coefficient (Wildman–Crippen LogP) is 1.44. The van der Waals surface area contributed by atoms with Crippen molar-refractivity contribution < 1.29 is 32.7 Å². The van der Waals surface area contributed by atoms with Gasteiger partial charge in [-0.2, -0.15) is 6.92 Å². The fraction of sp³-hybridized carbons (Fsp3) is 0.250. The minimum absolute atomic E-state index is 0. The van der Waals surface area contributed by atoms with Gasteiger partial charge in [-0.15, -0.1) is 0 Å². The molecule has 0 fully saturated rings. The molecule has 1 heteroatoms. The van der Waals surface area contributed by atoms with Crippen LogP contribution in [0.3, 0.4) is 0 Å². The molecule has 0 aromatic carbocycles. The Morgan fingerprint density at radius 3 is 1.40 bits per heavy atom. The van der Waals surface area contributed by atoms with E-state index in [4.69, 9.17) is 0 Å². The molecule has 0 atom stereocenters. The molecule has 0 nitrogen and oxygen atoms in total. The van der Waals surface area contributed by atoms with Crippen molar-refractivity contribution in [2.24, 2.45) is 0 Å². The molecule has 0 bridgehead atoms. The van der Waals surface area contributed by atoms with E-state index in [-0.39, 0.29) is 32.7 Å². The van der Waals surface area contributed by atoms with Crippen molar-refractivity contribution in [1.29, 1.82) is 0 Å². The fourth-order valence-electron chi connectivity index (χ4n) is 0. The standard InChI is InChI=1S/C2H5.C2H3.Y/c2*1-2;/h1H2,2H3;1H,2H2;/q2*-1;. The van der Waals surface area contributed by atoms with Crippen LogP contribution >= 0.6 is 0 Å². The van der Waals surface area contributed by atoms with Crippen molar-refractivity contribution in [3.05, 3.63) is 20.1 Å².